The molecule has 1 atom stereocenters. The van der Waals surface area contributed by atoms with E-state index in [-0.39, 0.29) is 11.9 Å². The summed E-state index contributed by atoms with van der Waals surface area (Å²) in [6, 6.07) is 10.3. The van der Waals surface area contributed by atoms with E-state index in [1.807, 2.05) is 25.1 Å². The molecule has 0 aromatic heterocycles. The van der Waals surface area contributed by atoms with Gasteiger partial charge in [-0.3, -0.25) is 0 Å². The predicted molar refractivity (Wildman–Crippen MR) is 90.7 cm³/mol. The van der Waals surface area contributed by atoms with Crippen molar-refractivity contribution in [3.05, 3.63) is 67.9 Å². The first-order valence-electron chi connectivity index (χ1n) is 6.64. The predicted octanol–water partition coefficient (Wildman–Crippen LogP) is 5.79. The van der Waals surface area contributed by atoms with Crippen molar-refractivity contribution in [1.82, 2.24) is 5.32 Å². The normalized spacial score (nSPS) is 12.4. The van der Waals surface area contributed by atoms with Crippen molar-refractivity contribution in [2.24, 2.45) is 0 Å². The highest BCUT2D eigenvalue weighted by Crippen LogP contribution is 2.32. The molecular weight excluding hydrogens is 376 g/mol. The smallest absolute Gasteiger partial charge is 0.129 e. The summed E-state index contributed by atoms with van der Waals surface area (Å²) in [4.78, 5) is 0. The first-order chi connectivity index (χ1) is 10.0. The van der Waals surface area contributed by atoms with Crippen LogP contribution in [0.5, 0.6) is 0 Å². The van der Waals surface area contributed by atoms with Gasteiger partial charge in [-0.1, -0.05) is 64.3 Å². The largest absolute Gasteiger partial charge is 0.310 e. The molecule has 1 unspecified atom stereocenters. The van der Waals surface area contributed by atoms with E-state index in [1.54, 1.807) is 12.1 Å². The second-order valence-electron chi connectivity index (χ2n) is 4.66. The summed E-state index contributed by atoms with van der Waals surface area (Å²) < 4.78 is 14.9. The van der Waals surface area contributed by atoms with Gasteiger partial charge in [-0.15, -0.1) is 0 Å². The number of likely N-dealkylation sites (N-methyl/N-ethyl adjacent to an activating group) is 1. The fourth-order valence-electron chi connectivity index (χ4n) is 2.29. The van der Waals surface area contributed by atoms with Gasteiger partial charge in [0.15, 0.2) is 0 Å². The van der Waals surface area contributed by atoms with Crippen LogP contribution in [0.15, 0.2) is 40.9 Å². The van der Waals surface area contributed by atoms with Gasteiger partial charge in [0, 0.05) is 16.1 Å². The van der Waals surface area contributed by atoms with Crippen LogP contribution in [0.3, 0.4) is 0 Å². The molecule has 0 fully saturated rings. The number of benzene rings is 2. The van der Waals surface area contributed by atoms with Crippen LogP contribution in [-0.4, -0.2) is 6.54 Å². The molecule has 1 nitrogen and oxygen atoms in total. The number of nitrogens with one attached hydrogen (secondary N) is 1. The van der Waals surface area contributed by atoms with Gasteiger partial charge in [-0.2, -0.15) is 0 Å². The molecule has 0 aliphatic heterocycles. The van der Waals surface area contributed by atoms with E-state index in [2.05, 4.69) is 21.2 Å². The van der Waals surface area contributed by atoms with Crippen LogP contribution in [0, 0.1) is 5.82 Å². The standard InChI is InChI=1S/C16H15BrCl2FN/c1-2-21-14(15-11(17)6-4-8-13(15)20)9-10-5-3-7-12(18)16(10)19/h3-8,14,21H,2,9H2,1H3. The maximum Gasteiger partial charge on any atom is 0.129 e. The van der Waals surface area contributed by atoms with Crippen molar-refractivity contribution in [2.75, 3.05) is 6.54 Å². The average Bonchev–Trinajstić information content (AvgIpc) is 2.44. The van der Waals surface area contributed by atoms with Crippen LogP contribution in [0.25, 0.3) is 0 Å². The zero-order chi connectivity index (χ0) is 15.4. The lowest BCUT2D eigenvalue weighted by molar-refractivity contribution is 0.508. The minimum atomic E-state index is -0.242. The Bertz CT molecular complexity index is 613. The highest BCUT2D eigenvalue weighted by atomic mass is 79.9. The minimum absolute atomic E-state index is 0.179. The highest BCUT2D eigenvalue weighted by Gasteiger charge is 2.20. The molecular formula is C16H15BrCl2FN. The van der Waals surface area contributed by atoms with E-state index in [1.165, 1.54) is 6.07 Å². The lowest BCUT2D eigenvalue weighted by atomic mass is 9.98. The molecule has 0 aliphatic carbocycles. The summed E-state index contributed by atoms with van der Waals surface area (Å²) in [7, 11) is 0. The number of halogens is 4. The van der Waals surface area contributed by atoms with Crippen molar-refractivity contribution in [3.8, 4) is 0 Å². The average molecular weight is 391 g/mol. The lowest BCUT2D eigenvalue weighted by Gasteiger charge is -2.21. The third-order valence-electron chi connectivity index (χ3n) is 3.25. The van der Waals surface area contributed by atoms with Gasteiger partial charge in [0.2, 0.25) is 0 Å². The Morgan fingerprint density at radius 3 is 2.57 bits per heavy atom. The number of rotatable bonds is 5. The Labute approximate surface area is 142 Å². The zero-order valence-corrected chi connectivity index (χ0v) is 14.6. The van der Waals surface area contributed by atoms with E-state index in [4.69, 9.17) is 23.2 Å². The molecule has 0 saturated heterocycles. The molecule has 0 saturated carbocycles. The Morgan fingerprint density at radius 1 is 1.19 bits per heavy atom. The Kier molecular flexibility index (Phi) is 6.06. The van der Waals surface area contributed by atoms with Gasteiger partial charge in [0.25, 0.3) is 0 Å². The van der Waals surface area contributed by atoms with Crippen molar-refractivity contribution >= 4 is 39.1 Å². The Morgan fingerprint density at radius 2 is 1.90 bits per heavy atom. The molecule has 0 bridgehead atoms. The quantitative estimate of drug-likeness (QED) is 0.681. The minimum Gasteiger partial charge on any atom is -0.310 e. The fourth-order valence-corrected chi connectivity index (χ4v) is 3.31. The molecule has 112 valence electrons. The molecule has 0 spiro atoms. The van der Waals surface area contributed by atoms with Gasteiger partial charge < -0.3 is 5.32 Å². The van der Waals surface area contributed by atoms with E-state index in [9.17, 15) is 4.39 Å². The van der Waals surface area contributed by atoms with Crippen molar-refractivity contribution in [3.63, 3.8) is 0 Å². The van der Waals surface area contributed by atoms with Crippen LogP contribution in [0.2, 0.25) is 10.0 Å². The van der Waals surface area contributed by atoms with E-state index >= 15 is 0 Å². The van der Waals surface area contributed by atoms with Crippen LogP contribution in [0.4, 0.5) is 4.39 Å². The summed E-state index contributed by atoms with van der Waals surface area (Å²) in [6.07, 6.45) is 0.562. The van der Waals surface area contributed by atoms with Crippen molar-refractivity contribution < 1.29 is 4.39 Å². The zero-order valence-electron chi connectivity index (χ0n) is 11.5. The number of hydrogen-bond acceptors (Lipinski definition) is 1. The van der Waals surface area contributed by atoms with Gasteiger partial charge in [-0.25, -0.2) is 4.39 Å². The first kappa shape index (κ1) is 16.8. The van der Waals surface area contributed by atoms with Crippen LogP contribution in [-0.2, 0) is 6.42 Å². The summed E-state index contributed by atoms with van der Waals surface area (Å²) in [5.74, 6) is -0.242. The molecule has 0 aliphatic rings. The van der Waals surface area contributed by atoms with Crippen LogP contribution >= 0.6 is 39.1 Å². The molecule has 2 aromatic rings. The fraction of sp³-hybridized carbons (Fsp3) is 0.250. The molecule has 0 heterocycles. The SMILES string of the molecule is CCNC(Cc1cccc(Cl)c1Cl)c1c(F)cccc1Br. The molecule has 0 amide bonds. The summed E-state index contributed by atoms with van der Waals surface area (Å²) in [6.45, 7) is 2.71. The van der Waals surface area contributed by atoms with Crippen LogP contribution in [0.1, 0.15) is 24.1 Å². The van der Waals surface area contributed by atoms with E-state index in [0.29, 0.717) is 22.0 Å². The summed E-state index contributed by atoms with van der Waals surface area (Å²) in [5.41, 5.74) is 1.50. The van der Waals surface area contributed by atoms with Gasteiger partial charge in [0.05, 0.1) is 10.0 Å². The molecule has 2 rings (SSSR count). The number of hydrogen-bond donors (Lipinski definition) is 1. The van der Waals surface area contributed by atoms with Crippen molar-refractivity contribution in [2.45, 2.75) is 19.4 Å². The second-order valence-corrected chi connectivity index (χ2v) is 6.30. The van der Waals surface area contributed by atoms with E-state index < -0.39 is 0 Å². The highest BCUT2D eigenvalue weighted by molar-refractivity contribution is 9.10. The van der Waals surface area contributed by atoms with Gasteiger partial charge >= 0.3 is 0 Å². The third-order valence-corrected chi connectivity index (χ3v) is 4.80. The van der Waals surface area contributed by atoms with Crippen LogP contribution < -0.4 is 5.32 Å². The monoisotopic (exact) mass is 389 g/mol. The van der Waals surface area contributed by atoms with Gasteiger partial charge in [0.1, 0.15) is 5.82 Å². The molecule has 0 radical (unpaired) electrons. The molecule has 1 N–H and O–H groups in total. The summed E-state index contributed by atoms with van der Waals surface area (Å²) in [5, 5.41) is 4.34. The second kappa shape index (κ2) is 7.59. The lowest BCUT2D eigenvalue weighted by Crippen LogP contribution is -2.24. The maximum absolute atomic E-state index is 14.2. The van der Waals surface area contributed by atoms with E-state index in [0.717, 1.165) is 16.6 Å². The first-order valence-corrected chi connectivity index (χ1v) is 8.19. The van der Waals surface area contributed by atoms with Crippen molar-refractivity contribution in [1.29, 1.82) is 0 Å². The Hall–Kier alpha value is -0.610. The third kappa shape index (κ3) is 3.98. The maximum atomic E-state index is 14.2. The molecule has 2 aromatic carbocycles. The molecule has 21 heavy (non-hydrogen) atoms. The topological polar surface area (TPSA) is 12.0 Å². The Balaban J connectivity index is 2.38. The summed E-state index contributed by atoms with van der Waals surface area (Å²) >= 11 is 15.7. The van der Waals surface area contributed by atoms with Gasteiger partial charge in [-0.05, 0) is 36.7 Å². The molecule has 5 heteroatoms.